The highest BCUT2D eigenvalue weighted by Crippen LogP contribution is 2.36. The lowest BCUT2D eigenvalue weighted by Gasteiger charge is -2.39. The first-order chi connectivity index (χ1) is 8.41. The number of halogens is 1. The molecule has 0 saturated carbocycles. The van der Waals surface area contributed by atoms with Crippen LogP contribution in [0.3, 0.4) is 0 Å². The Kier molecular flexibility index (Phi) is 3.62. The Morgan fingerprint density at radius 3 is 2.44 bits per heavy atom. The fourth-order valence-electron chi connectivity index (χ4n) is 2.54. The van der Waals surface area contributed by atoms with Crippen molar-refractivity contribution >= 4 is 5.69 Å². The molecule has 1 aromatic rings. The molecule has 1 aromatic carbocycles. The highest BCUT2D eigenvalue weighted by atomic mass is 19.1. The van der Waals surface area contributed by atoms with E-state index in [1.54, 1.807) is 13.0 Å². The van der Waals surface area contributed by atoms with Gasteiger partial charge in [0.05, 0.1) is 11.8 Å². The van der Waals surface area contributed by atoms with Gasteiger partial charge in [0.2, 0.25) is 0 Å². The zero-order valence-electron chi connectivity index (χ0n) is 11.4. The quantitative estimate of drug-likeness (QED) is 0.869. The van der Waals surface area contributed by atoms with Crippen molar-refractivity contribution in [3.63, 3.8) is 0 Å². The highest BCUT2D eigenvalue weighted by molar-refractivity contribution is 5.56. The van der Waals surface area contributed by atoms with Crippen LogP contribution in [0.4, 0.5) is 10.1 Å². The van der Waals surface area contributed by atoms with Gasteiger partial charge in [0.15, 0.2) is 0 Å². The molecule has 100 valence electrons. The number of benzene rings is 1. The van der Waals surface area contributed by atoms with E-state index in [2.05, 4.69) is 18.7 Å². The molecular formula is C15H22FNO. The van der Waals surface area contributed by atoms with Gasteiger partial charge in [-0.3, -0.25) is 0 Å². The number of aliphatic hydroxyl groups excluding tert-OH is 1. The fourth-order valence-corrected chi connectivity index (χ4v) is 2.54. The molecule has 0 bridgehead atoms. The Hall–Kier alpha value is -1.09. The van der Waals surface area contributed by atoms with Gasteiger partial charge in [0.25, 0.3) is 0 Å². The van der Waals surface area contributed by atoms with Crippen LogP contribution in [-0.2, 0) is 0 Å². The molecule has 2 nitrogen and oxygen atoms in total. The van der Waals surface area contributed by atoms with Gasteiger partial charge in [0.1, 0.15) is 5.82 Å². The third-order valence-electron chi connectivity index (χ3n) is 3.90. The summed E-state index contributed by atoms with van der Waals surface area (Å²) in [5.74, 6) is -0.229. The maximum Gasteiger partial charge on any atom is 0.146 e. The molecule has 0 aromatic heterocycles. The number of rotatable bonds is 2. The van der Waals surface area contributed by atoms with Crippen LogP contribution < -0.4 is 4.90 Å². The molecule has 0 spiro atoms. The molecule has 1 fully saturated rings. The fraction of sp³-hybridized carbons (Fsp3) is 0.600. The highest BCUT2D eigenvalue weighted by Gasteiger charge is 2.28. The summed E-state index contributed by atoms with van der Waals surface area (Å²) in [7, 11) is 0. The topological polar surface area (TPSA) is 23.5 Å². The summed E-state index contributed by atoms with van der Waals surface area (Å²) in [4.78, 5) is 2.07. The number of piperidine rings is 1. The van der Waals surface area contributed by atoms with Gasteiger partial charge in [0, 0.05) is 18.7 Å². The van der Waals surface area contributed by atoms with Crippen molar-refractivity contribution < 1.29 is 9.50 Å². The molecule has 1 aliphatic rings. The number of hydrogen-bond donors (Lipinski definition) is 1. The first-order valence-electron chi connectivity index (χ1n) is 6.62. The molecule has 0 aliphatic carbocycles. The molecule has 3 heteroatoms. The van der Waals surface area contributed by atoms with Crippen LogP contribution in [0, 0.1) is 11.2 Å². The number of aliphatic hydroxyl groups is 1. The predicted molar refractivity (Wildman–Crippen MR) is 72.3 cm³/mol. The van der Waals surface area contributed by atoms with Gasteiger partial charge in [-0.05, 0) is 31.2 Å². The summed E-state index contributed by atoms with van der Waals surface area (Å²) in [6.45, 7) is 7.90. The Balaban J connectivity index is 2.28. The third-order valence-corrected chi connectivity index (χ3v) is 3.90. The predicted octanol–water partition coefficient (Wildman–Crippen LogP) is 3.51. The number of hydrogen-bond acceptors (Lipinski definition) is 2. The van der Waals surface area contributed by atoms with E-state index in [-0.39, 0.29) is 5.82 Å². The summed E-state index contributed by atoms with van der Waals surface area (Å²) >= 11 is 0. The smallest absolute Gasteiger partial charge is 0.146 e. The van der Waals surface area contributed by atoms with E-state index in [9.17, 15) is 9.50 Å². The second kappa shape index (κ2) is 4.88. The second-order valence-corrected chi connectivity index (χ2v) is 6.00. The van der Waals surface area contributed by atoms with Crippen molar-refractivity contribution in [3.8, 4) is 0 Å². The molecule has 1 saturated heterocycles. The summed E-state index contributed by atoms with van der Waals surface area (Å²) in [5.41, 5.74) is 1.62. The molecule has 0 amide bonds. The third kappa shape index (κ3) is 2.66. The molecular weight excluding hydrogens is 229 g/mol. The minimum atomic E-state index is -0.634. The van der Waals surface area contributed by atoms with Gasteiger partial charge < -0.3 is 10.0 Å². The SMILES string of the molecule is CC(O)c1cccc(F)c1N1CCC(C)(C)CC1. The van der Waals surface area contributed by atoms with E-state index in [1.807, 2.05) is 6.07 Å². The largest absolute Gasteiger partial charge is 0.389 e. The molecule has 1 aliphatic heterocycles. The van der Waals surface area contributed by atoms with E-state index in [0.717, 1.165) is 25.9 Å². The molecule has 1 heterocycles. The maximum absolute atomic E-state index is 14.0. The summed E-state index contributed by atoms with van der Waals surface area (Å²) < 4.78 is 14.0. The standard InChI is InChI=1S/C15H22FNO/c1-11(18)12-5-4-6-13(16)14(12)17-9-7-15(2,3)8-10-17/h4-6,11,18H,7-10H2,1-3H3. The minimum absolute atomic E-state index is 0.229. The summed E-state index contributed by atoms with van der Waals surface area (Å²) in [6.07, 6.45) is 1.48. The van der Waals surface area contributed by atoms with Gasteiger partial charge in [-0.1, -0.05) is 26.0 Å². The number of para-hydroxylation sites is 1. The van der Waals surface area contributed by atoms with Crippen molar-refractivity contribution in [2.24, 2.45) is 5.41 Å². The normalized spacial score (nSPS) is 20.8. The minimum Gasteiger partial charge on any atom is -0.389 e. The molecule has 18 heavy (non-hydrogen) atoms. The van der Waals surface area contributed by atoms with Crippen LogP contribution in [0.1, 0.15) is 45.3 Å². The summed E-state index contributed by atoms with van der Waals surface area (Å²) in [5, 5.41) is 9.77. The van der Waals surface area contributed by atoms with E-state index in [1.165, 1.54) is 6.07 Å². The lowest BCUT2D eigenvalue weighted by atomic mass is 9.82. The summed E-state index contributed by atoms with van der Waals surface area (Å²) in [6, 6.07) is 4.94. The Morgan fingerprint density at radius 1 is 1.28 bits per heavy atom. The van der Waals surface area contributed by atoms with Crippen molar-refractivity contribution in [2.45, 2.75) is 39.7 Å². The van der Waals surface area contributed by atoms with Gasteiger partial charge >= 0.3 is 0 Å². The van der Waals surface area contributed by atoms with Gasteiger partial charge in [-0.15, -0.1) is 0 Å². The average Bonchev–Trinajstić information content (AvgIpc) is 2.29. The van der Waals surface area contributed by atoms with Crippen molar-refractivity contribution in [2.75, 3.05) is 18.0 Å². The Labute approximate surface area is 108 Å². The van der Waals surface area contributed by atoms with Crippen LogP contribution in [0.2, 0.25) is 0 Å². The van der Waals surface area contributed by atoms with Gasteiger partial charge in [-0.25, -0.2) is 4.39 Å². The molecule has 1 unspecified atom stereocenters. The van der Waals surface area contributed by atoms with Crippen LogP contribution in [0.25, 0.3) is 0 Å². The van der Waals surface area contributed by atoms with Crippen LogP contribution >= 0.6 is 0 Å². The zero-order valence-corrected chi connectivity index (χ0v) is 11.4. The van der Waals surface area contributed by atoms with Crippen LogP contribution in [-0.4, -0.2) is 18.2 Å². The van der Waals surface area contributed by atoms with E-state index in [4.69, 9.17) is 0 Å². The van der Waals surface area contributed by atoms with Crippen molar-refractivity contribution in [1.29, 1.82) is 0 Å². The van der Waals surface area contributed by atoms with E-state index >= 15 is 0 Å². The van der Waals surface area contributed by atoms with Crippen molar-refractivity contribution in [1.82, 2.24) is 0 Å². The monoisotopic (exact) mass is 251 g/mol. The first kappa shape index (κ1) is 13.3. The molecule has 1 N–H and O–H groups in total. The van der Waals surface area contributed by atoms with Crippen LogP contribution in [0.5, 0.6) is 0 Å². The molecule has 1 atom stereocenters. The lowest BCUT2D eigenvalue weighted by molar-refractivity contribution is 0.198. The molecule has 0 radical (unpaired) electrons. The maximum atomic E-state index is 14.0. The Bertz CT molecular complexity index is 419. The zero-order chi connectivity index (χ0) is 13.3. The number of nitrogens with zero attached hydrogens (tertiary/aromatic N) is 1. The van der Waals surface area contributed by atoms with Gasteiger partial charge in [-0.2, -0.15) is 0 Å². The van der Waals surface area contributed by atoms with E-state index < -0.39 is 6.10 Å². The first-order valence-corrected chi connectivity index (χ1v) is 6.62. The van der Waals surface area contributed by atoms with Crippen LogP contribution in [0.15, 0.2) is 18.2 Å². The number of anilines is 1. The van der Waals surface area contributed by atoms with E-state index in [0.29, 0.717) is 16.7 Å². The van der Waals surface area contributed by atoms with Crippen molar-refractivity contribution in [3.05, 3.63) is 29.6 Å². The Morgan fingerprint density at radius 2 is 1.89 bits per heavy atom. The lowest BCUT2D eigenvalue weighted by Crippen LogP contribution is -2.38. The second-order valence-electron chi connectivity index (χ2n) is 6.00. The molecule has 2 rings (SSSR count). The average molecular weight is 251 g/mol.